The van der Waals surface area contributed by atoms with E-state index >= 15 is 0 Å². The van der Waals surface area contributed by atoms with Crippen molar-refractivity contribution in [2.45, 2.75) is 24.2 Å². The Kier molecular flexibility index (Phi) is 4.83. The van der Waals surface area contributed by atoms with Crippen LogP contribution in [0.4, 0.5) is 17.1 Å². The summed E-state index contributed by atoms with van der Waals surface area (Å²) in [5.74, 6) is -0.279. The van der Waals surface area contributed by atoms with E-state index in [1.54, 1.807) is 16.7 Å². The van der Waals surface area contributed by atoms with E-state index in [2.05, 4.69) is 0 Å². The summed E-state index contributed by atoms with van der Waals surface area (Å²) in [6, 6.07) is 13.6. The molecule has 0 aromatic heterocycles. The molecular formula is C21H23N3O2S. The number of nitrogens with zero attached hydrogens (tertiary/aromatic N) is 2. The molecule has 6 heteroatoms. The molecule has 4 rings (SSSR count). The summed E-state index contributed by atoms with van der Waals surface area (Å²) < 4.78 is 0. The van der Waals surface area contributed by atoms with Gasteiger partial charge in [0.1, 0.15) is 0 Å². The fourth-order valence-electron chi connectivity index (χ4n) is 3.99. The monoisotopic (exact) mass is 381 g/mol. The van der Waals surface area contributed by atoms with Crippen LogP contribution < -0.4 is 15.5 Å². The van der Waals surface area contributed by atoms with Gasteiger partial charge in [0, 0.05) is 41.5 Å². The first-order valence-corrected chi connectivity index (χ1v) is 10.4. The number of fused-ring (bicyclic) bond motifs is 1. The normalized spacial score (nSPS) is 19.3. The number of nitrogen functional groups attached to an aromatic ring is 1. The quantitative estimate of drug-likeness (QED) is 0.654. The maximum Gasteiger partial charge on any atom is 0.232 e. The summed E-state index contributed by atoms with van der Waals surface area (Å²) in [5.41, 5.74) is 9.65. The maximum absolute atomic E-state index is 13.2. The van der Waals surface area contributed by atoms with Gasteiger partial charge in [-0.2, -0.15) is 0 Å². The number of anilines is 3. The highest BCUT2D eigenvalue weighted by Gasteiger charge is 2.38. The molecule has 0 aliphatic carbocycles. The van der Waals surface area contributed by atoms with E-state index in [1.165, 1.54) is 0 Å². The lowest BCUT2D eigenvalue weighted by atomic mass is 9.97. The third-order valence-corrected chi connectivity index (χ3v) is 6.15. The number of carbonyl (C=O) groups excluding carboxylic acids is 2. The van der Waals surface area contributed by atoms with Gasteiger partial charge in [0.2, 0.25) is 11.8 Å². The number of rotatable bonds is 3. The van der Waals surface area contributed by atoms with E-state index in [1.807, 2.05) is 53.6 Å². The first-order valence-electron chi connectivity index (χ1n) is 9.21. The Balaban J connectivity index is 1.54. The SMILES string of the molecule is CSc1ccc(N2CC(C(=O)N3CCCc4c(N)cccc43)CC2=O)cc1. The lowest BCUT2D eigenvalue weighted by Crippen LogP contribution is -2.40. The van der Waals surface area contributed by atoms with Crippen molar-refractivity contribution in [2.24, 2.45) is 5.92 Å². The Labute approximate surface area is 163 Å². The molecule has 0 spiro atoms. The van der Waals surface area contributed by atoms with Gasteiger partial charge in [-0.1, -0.05) is 6.07 Å². The summed E-state index contributed by atoms with van der Waals surface area (Å²) in [7, 11) is 0. The number of carbonyl (C=O) groups is 2. The van der Waals surface area contributed by atoms with Gasteiger partial charge in [0.05, 0.1) is 5.92 Å². The second kappa shape index (κ2) is 7.27. The minimum atomic E-state index is -0.315. The summed E-state index contributed by atoms with van der Waals surface area (Å²) in [6.45, 7) is 1.12. The number of hydrogen-bond acceptors (Lipinski definition) is 4. The van der Waals surface area contributed by atoms with Gasteiger partial charge in [-0.25, -0.2) is 0 Å². The fraction of sp³-hybridized carbons (Fsp3) is 0.333. The molecular weight excluding hydrogens is 358 g/mol. The maximum atomic E-state index is 13.2. The number of thioether (sulfide) groups is 1. The molecule has 2 aromatic carbocycles. The lowest BCUT2D eigenvalue weighted by molar-refractivity contribution is -0.124. The van der Waals surface area contributed by atoms with Crippen molar-refractivity contribution >= 4 is 40.6 Å². The average molecular weight is 382 g/mol. The van der Waals surface area contributed by atoms with Crippen LogP contribution >= 0.6 is 11.8 Å². The molecule has 140 valence electrons. The van der Waals surface area contributed by atoms with Crippen molar-refractivity contribution in [3.63, 3.8) is 0 Å². The van der Waals surface area contributed by atoms with Crippen molar-refractivity contribution in [1.82, 2.24) is 0 Å². The Bertz CT molecular complexity index is 881. The number of benzene rings is 2. The highest BCUT2D eigenvalue weighted by molar-refractivity contribution is 7.98. The molecule has 0 radical (unpaired) electrons. The summed E-state index contributed by atoms with van der Waals surface area (Å²) in [5, 5.41) is 0. The predicted molar refractivity (Wildman–Crippen MR) is 110 cm³/mol. The van der Waals surface area contributed by atoms with Crippen LogP contribution in [0.25, 0.3) is 0 Å². The minimum absolute atomic E-state index is 0.00931. The molecule has 2 aliphatic heterocycles. The fourth-order valence-corrected chi connectivity index (χ4v) is 4.39. The first-order chi connectivity index (χ1) is 13.1. The second-order valence-corrected chi connectivity index (χ2v) is 7.92. The Morgan fingerprint density at radius 2 is 1.96 bits per heavy atom. The van der Waals surface area contributed by atoms with Crippen LogP contribution in [-0.2, 0) is 16.0 Å². The Morgan fingerprint density at radius 3 is 2.70 bits per heavy atom. The zero-order valence-corrected chi connectivity index (χ0v) is 16.2. The van der Waals surface area contributed by atoms with E-state index in [9.17, 15) is 9.59 Å². The van der Waals surface area contributed by atoms with Crippen molar-refractivity contribution in [3.05, 3.63) is 48.0 Å². The van der Waals surface area contributed by atoms with Crippen LogP contribution in [0.1, 0.15) is 18.4 Å². The summed E-state index contributed by atoms with van der Waals surface area (Å²) in [4.78, 5) is 30.5. The molecule has 0 bridgehead atoms. The standard InChI is InChI=1S/C21H23N3O2S/c1-27-16-9-7-15(8-10-16)24-13-14(12-20(24)25)21(26)23-11-3-4-17-18(22)5-2-6-19(17)23/h2,5-10,14H,3-4,11-13,22H2,1H3. The molecule has 27 heavy (non-hydrogen) atoms. The van der Waals surface area contributed by atoms with Crippen molar-refractivity contribution < 1.29 is 9.59 Å². The van der Waals surface area contributed by atoms with E-state index in [0.717, 1.165) is 40.4 Å². The van der Waals surface area contributed by atoms with Gasteiger partial charge >= 0.3 is 0 Å². The molecule has 5 nitrogen and oxygen atoms in total. The summed E-state index contributed by atoms with van der Waals surface area (Å²) in [6.07, 6.45) is 4.07. The molecule has 2 aliphatic rings. The molecule has 2 amide bonds. The zero-order valence-electron chi connectivity index (χ0n) is 15.4. The van der Waals surface area contributed by atoms with Gasteiger partial charge in [-0.15, -0.1) is 11.8 Å². The van der Waals surface area contributed by atoms with E-state index < -0.39 is 0 Å². The lowest BCUT2D eigenvalue weighted by Gasteiger charge is -2.32. The largest absolute Gasteiger partial charge is 0.398 e. The molecule has 1 saturated heterocycles. The van der Waals surface area contributed by atoms with Crippen LogP contribution in [-0.4, -0.2) is 31.2 Å². The first kappa shape index (κ1) is 17.9. The van der Waals surface area contributed by atoms with Gasteiger partial charge in [0.15, 0.2) is 0 Å². The minimum Gasteiger partial charge on any atom is -0.398 e. The predicted octanol–water partition coefficient (Wildman–Crippen LogP) is 3.32. The second-order valence-electron chi connectivity index (χ2n) is 7.04. The van der Waals surface area contributed by atoms with E-state index in [4.69, 9.17) is 5.73 Å². The van der Waals surface area contributed by atoms with Crippen molar-refractivity contribution in [2.75, 3.05) is 34.9 Å². The Morgan fingerprint density at radius 1 is 1.19 bits per heavy atom. The molecule has 1 unspecified atom stereocenters. The Hall–Kier alpha value is -2.47. The molecule has 0 saturated carbocycles. The molecule has 2 aromatic rings. The topological polar surface area (TPSA) is 66.6 Å². The highest BCUT2D eigenvalue weighted by Crippen LogP contribution is 2.34. The van der Waals surface area contributed by atoms with Crippen LogP contribution in [0.2, 0.25) is 0 Å². The van der Waals surface area contributed by atoms with Gasteiger partial charge in [0.25, 0.3) is 0 Å². The third kappa shape index (κ3) is 3.30. The third-order valence-electron chi connectivity index (χ3n) is 5.41. The number of amides is 2. The van der Waals surface area contributed by atoms with Gasteiger partial charge in [-0.3, -0.25) is 9.59 Å². The van der Waals surface area contributed by atoms with Crippen LogP contribution in [0.15, 0.2) is 47.4 Å². The zero-order chi connectivity index (χ0) is 19.0. The molecule has 2 N–H and O–H groups in total. The van der Waals surface area contributed by atoms with E-state index in [0.29, 0.717) is 13.1 Å². The number of hydrogen-bond donors (Lipinski definition) is 1. The van der Waals surface area contributed by atoms with Crippen molar-refractivity contribution in [3.8, 4) is 0 Å². The van der Waals surface area contributed by atoms with Crippen LogP contribution in [0.5, 0.6) is 0 Å². The van der Waals surface area contributed by atoms with Crippen molar-refractivity contribution in [1.29, 1.82) is 0 Å². The van der Waals surface area contributed by atoms with Gasteiger partial charge < -0.3 is 15.5 Å². The average Bonchev–Trinajstić information content (AvgIpc) is 3.09. The van der Waals surface area contributed by atoms with Crippen LogP contribution in [0.3, 0.4) is 0 Å². The van der Waals surface area contributed by atoms with Crippen LogP contribution in [0, 0.1) is 5.92 Å². The number of nitrogens with two attached hydrogens (primary N) is 1. The molecule has 1 fully saturated rings. The molecule has 1 atom stereocenters. The van der Waals surface area contributed by atoms with Gasteiger partial charge in [-0.05, 0) is 61.1 Å². The smallest absolute Gasteiger partial charge is 0.232 e. The summed E-state index contributed by atoms with van der Waals surface area (Å²) >= 11 is 1.67. The highest BCUT2D eigenvalue weighted by atomic mass is 32.2. The van der Waals surface area contributed by atoms with E-state index in [-0.39, 0.29) is 24.2 Å². The molecule has 2 heterocycles.